The molecule has 0 fully saturated rings. The number of rotatable bonds is 7. The zero-order valence-corrected chi connectivity index (χ0v) is 27.1. The molecule has 0 aliphatic carbocycles. The van der Waals surface area contributed by atoms with E-state index in [4.69, 9.17) is 19.2 Å². The van der Waals surface area contributed by atoms with Gasteiger partial charge in [0.1, 0.15) is 11.1 Å². The van der Waals surface area contributed by atoms with Crippen molar-refractivity contribution < 1.29 is 19.0 Å². The van der Waals surface area contributed by atoms with Gasteiger partial charge in [0, 0.05) is 16.3 Å². The minimum atomic E-state index is -0.744. The van der Waals surface area contributed by atoms with Crippen LogP contribution in [0.3, 0.4) is 0 Å². The van der Waals surface area contributed by atoms with Crippen LogP contribution < -0.4 is 24.4 Å². The Morgan fingerprint density at radius 3 is 2.66 bits per heavy atom. The van der Waals surface area contributed by atoms with Crippen molar-refractivity contribution in [2.45, 2.75) is 60.4 Å². The lowest BCUT2D eigenvalue weighted by Gasteiger charge is -2.25. The first-order chi connectivity index (χ1) is 21.2. The first-order valence-electron chi connectivity index (χ1n) is 14.5. The predicted octanol–water partition coefficient (Wildman–Crippen LogP) is 5.26. The number of thiazole rings is 1. The summed E-state index contributed by atoms with van der Waals surface area (Å²) in [7, 11) is 0. The summed E-state index contributed by atoms with van der Waals surface area (Å²) in [6, 6.07) is 9.13. The van der Waals surface area contributed by atoms with E-state index in [1.54, 1.807) is 28.9 Å². The van der Waals surface area contributed by atoms with E-state index >= 15 is 0 Å². The third-order valence-electron chi connectivity index (χ3n) is 8.04. The number of hydrogen-bond donors (Lipinski definition) is 0. The topological polar surface area (TPSA) is 108 Å². The van der Waals surface area contributed by atoms with Crippen LogP contribution >= 0.6 is 22.7 Å². The Morgan fingerprint density at radius 1 is 1.16 bits per heavy atom. The summed E-state index contributed by atoms with van der Waals surface area (Å²) in [4.78, 5) is 34.2. The molecule has 226 valence electrons. The van der Waals surface area contributed by atoms with Crippen LogP contribution in [0.4, 0.5) is 0 Å². The second kappa shape index (κ2) is 11.6. The number of carbonyl (C=O) groups excluding carboxylic acids is 1. The molecule has 0 amide bonds. The van der Waals surface area contributed by atoms with Gasteiger partial charge >= 0.3 is 5.97 Å². The molecule has 44 heavy (non-hydrogen) atoms. The van der Waals surface area contributed by atoms with Crippen molar-refractivity contribution in [2.75, 3.05) is 13.4 Å². The Balaban J connectivity index is 1.56. The van der Waals surface area contributed by atoms with Crippen LogP contribution in [-0.4, -0.2) is 28.5 Å². The minimum Gasteiger partial charge on any atom is -0.463 e. The van der Waals surface area contributed by atoms with Crippen molar-refractivity contribution in [3.63, 3.8) is 0 Å². The van der Waals surface area contributed by atoms with E-state index in [1.807, 2.05) is 58.9 Å². The van der Waals surface area contributed by atoms with Gasteiger partial charge in [0.25, 0.3) is 5.56 Å². The van der Waals surface area contributed by atoms with Gasteiger partial charge in [-0.2, -0.15) is 5.26 Å². The van der Waals surface area contributed by atoms with Crippen molar-refractivity contribution in [1.29, 1.82) is 5.26 Å². The largest absolute Gasteiger partial charge is 0.463 e. The van der Waals surface area contributed by atoms with Crippen LogP contribution in [0.5, 0.6) is 11.5 Å². The highest BCUT2D eigenvalue weighted by atomic mass is 32.1. The van der Waals surface area contributed by atoms with Crippen molar-refractivity contribution in [2.24, 2.45) is 4.99 Å². The van der Waals surface area contributed by atoms with E-state index in [0.29, 0.717) is 49.7 Å². The van der Waals surface area contributed by atoms with Gasteiger partial charge in [0.05, 0.1) is 34.0 Å². The van der Waals surface area contributed by atoms with Crippen molar-refractivity contribution >= 4 is 34.7 Å². The van der Waals surface area contributed by atoms with Gasteiger partial charge in [0.2, 0.25) is 6.79 Å². The Bertz CT molecular complexity index is 2090. The number of fused-ring (bicyclic) bond motifs is 2. The van der Waals surface area contributed by atoms with Gasteiger partial charge in [-0.1, -0.05) is 30.7 Å². The van der Waals surface area contributed by atoms with E-state index in [9.17, 15) is 14.9 Å². The highest BCUT2D eigenvalue weighted by Gasteiger charge is 2.35. The Kier molecular flexibility index (Phi) is 7.82. The third-order valence-corrected chi connectivity index (χ3v) is 10.2. The number of nitriles is 1. The second-order valence-electron chi connectivity index (χ2n) is 10.8. The molecule has 0 radical (unpaired) electrons. The maximum atomic E-state index is 14.3. The average Bonchev–Trinajstić information content (AvgIpc) is 3.73. The van der Waals surface area contributed by atoms with Gasteiger partial charge in [0.15, 0.2) is 16.3 Å². The molecular weight excluding hydrogens is 597 g/mol. The zero-order chi connectivity index (χ0) is 31.3. The molecule has 0 bridgehead atoms. The number of carbonyl (C=O) groups is 1. The SMILES string of the molecule is CCCC1=C(C(=O)OCC)[C@@H](c2ccc3c(c2)OCO3)n2c(s/c(=C/c3cc(C)n(-c4sc(C)c(C)c4C#N)c3C)c2=O)=N1. The Hall–Kier alpha value is -4.40. The van der Waals surface area contributed by atoms with E-state index in [1.165, 1.54) is 11.3 Å². The molecule has 2 aliphatic heterocycles. The Morgan fingerprint density at radius 2 is 1.93 bits per heavy atom. The highest BCUT2D eigenvalue weighted by Crippen LogP contribution is 2.39. The monoisotopic (exact) mass is 628 g/mol. The summed E-state index contributed by atoms with van der Waals surface area (Å²) in [5.41, 5.74) is 5.85. The molecule has 9 nitrogen and oxygen atoms in total. The van der Waals surface area contributed by atoms with Gasteiger partial charge in [-0.15, -0.1) is 11.3 Å². The van der Waals surface area contributed by atoms with Crippen LogP contribution in [0.15, 0.2) is 45.3 Å². The molecule has 2 aliphatic rings. The molecule has 1 atom stereocenters. The van der Waals surface area contributed by atoms with Gasteiger partial charge < -0.3 is 18.8 Å². The molecule has 0 N–H and O–H groups in total. The normalized spacial score (nSPS) is 15.8. The number of ether oxygens (including phenoxy) is 3. The first kappa shape index (κ1) is 29.7. The molecule has 11 heteroatoms. The van der Waals surface area contributed by atoms with Gasteiger partial charge in [-0.05, 0) is 82.0 Å². The molecule has 1 aromatic carbocycles. The van der Waals surface area contributed by atoms with Crippen LogP contribution in [0.25, 0.3) is 11.1 Å². The summed E-state index contributed by atoms with van der Waals surface area (Å²) in [5, 5.41) is 10.8. The van der Waals surface area contributed by atoms with E-state index < -0.39 is 12.0 Å². The molecule has 6 rings (SSSR count). The van der Waals surface area contributed by atoms with Crippen LogP contribution in [0.2, 0.25) is 0 Å². The Labute approximate surface area is 262 Å². The molecule has 3 aromatic heterocycles. The van der Waals surface area contributed by atoms with Gasteiger partial charge in [-0.25, -0.2) is 9.79 Å². The lowest BCUT2D eigenvalue weighted by atomic mass is 9.94. The highest BCUT2D eigenvalue weighted by molar-refractivity contribution is 7.15. The average molecular weight is 629 g/mol. The minimum absolute atomic E-state index is 0.113. The lowest BCUT2D eigenvalue weighted by molar-refractivity contribution is -0.139. The smallest absolute Gasteiger partial charge is 0.338 e. The molecule has 0 saturated heterocycles. The van der Waals surface area contributed by atoms with Crippen molar-refractivity contribution in [1.82, 2.24) is 9.13 Å². The van der Waals surface area contributed by atoms with Crippen LogP contribution in [0, 0.1) is 39.0 Å². The molecule has 0 saturated carbocycles. The fraction of sp³-hybridized carbons (Fsp3) is 0.333. The molecule has 0 unspecified atom stereocenters. The summed E-state index contributed by atoms with van der Waals surface area (Å²) >= 11 is 2.89. The van der Waals surface area contributed by atoms with E-state index in [2.05, 4.69) is 10.6 Å². The number of nitrogens with zero attached hydrogens (tertiary/aromatic N) is 4. The lowest BCUT2D eigenvalue weighted by Crippen LogP contribution is -2.40. The van der Waals surface area contributed by atoms with E-state index in [-0.39, 0.29) is 19.0 Å². The van der Waals surface area contributed by atoms with Crippen molar-refractivity contribution in [3.05, 3.63) is 93.7 Å². The number of aryl methyl sites for hydroxylation is 2. The van der Waals surface area contributed by atoms with Crippen LogP contribution in [0.1, 0.15) is 71.2 Å². The summed E-state index contributed by atoms with van der Waals surface area (Å²) in [5.74, 6) is 0.683. The second-order valence-corrected chi connectivity index (χ2v) is 13.0. The fourth-order valence-electron chi connectivity index (χ4n) is 5.81. The number of benzene rings is 1. The number of esters is 1. The molecular formula is C33H32N4O5S2. The molecule has 5 heterocycles. The number of hydrogen-bond acceptors (Lipinski definition) is 9. The molecule has 0 spiro atoms. The predicted molar refractivity (Wildman–Crippen MR) is 170 cm³/mol. The first-order valence-corrected chi connectivity index (χ1v) is 16.1. The maximum Gasteiger partial charge on any atom is 0.338 e. The quantitative estimate of drug-likeness (QED) is 0.258. The van der Waals surface area contributed by atoms with Gasteiger partial charge in [-0.3, -0.25) is 9.36 Å². The summed E-state index contributed by atoms with van der Waals surface area (Å²) in [6.07, 6.45) is 3.21. The van der Waals surface area contributed by atoms with E-state index in [0.717, 1.165) is 38.8 Å². The summed E-state index contributed by atoms with van der Waals surface area (Å²) in [6.45, 7) is 12.1. The molecule has 4 aromatic rings. The number of thiophene rings is 1. The number of allylic oxidation sites excluding steroid dienone is 1. The maximum absolute atomic E-state index is 14.3. The van der Waals surface area contributed by atoms with Crippen LogP contribution in [-0.2, 0) is 9.53 Å². The fourth-order valence-corrected chi connectivity index (χ4v) is 8.03. The standard InChI is InChI=1S/C33H32N4O5S2/c1-7-9-24-28(32(39)40-8-2)29(21-10-11-25-26(13-21)42-16-41-25)37-30(38)27(44-33(37)35-24)14-22-12-17(3)36(19(22)5)31-23(15-34)18(4)20(6)43-31/h10-14,29H,7-9,16H2,1-6H3/b27-14+/t29-/m1/s1. The summed E-state index contributed by atoms with van der Waals surface area (Å²) < 4.78 is 20.8. The third kappa shape index (κ3) is 4.78. The van der Waals surface area contributed by atoms with Crippen molar-refractivity contribution in [3.8, 4) is 22.6 Å². The number of aromatic nitrogens is 2. The zero-order valence-electron chi connectivity index (χ0n) is 25.4.